The molecule has 1 aromatic carbocycles. The average molecular weight is 401 g/mol. The predicted octanol–water partition coefficient (Wildman–Crippen LogP) is 3.57. The van der Waals surface area contributed by atoms with E-state index in [9.17, 15) is 22.4 Å². The second kappa shape index (κ2) is 8.41. The van der Waals surface area contributed by atoms with Crippen molar-refractivity contribution in [1.29, 1.82) is 0 Å². The van der Waals surface area contributed by atoms with E-state index in [2.05, 4.69) is 9.97 Å². The summed E-state index contributed by atoms with van der Waals surface area (Å²) in [5.41, 5.74) is 1.15. The van der Waals surface area contributed by atoms with Crippen LogP contribution in [-0.4, -0.2) is 50.6 Å². The normalized spacial score (nSPS) is 16.9. The molecule has 0 saturated carbocycles. The van der Waals surface area contributed by atoms with Crippen molar-refractivity contribution in [3.05, 3.63) is 42.1 Å². The first kappa shape index (κ1) is 21.4. The highest BCUT2D eigenvalue weighted by Crippen LogP contribution is 2.29. The molecule has 0 spiro atoms. The highest BCUT2D eigenvalue weighted by atomic mass is 19.4. The Morgan fingerprint density at radius 2 is 1.93 bits per heavy atom. The van der Waals surface area contributed by atoms with Crippen LogP contribution in [0.2, 0.25) is 0 Å². The van der Waals surface area contributed by atoms with Gasteiger partial charge in [0.15, 0.2) is 0 Å². The maximum absolute atomic E-state index is 13.8. The Kier molecular flexibility index (Phi) is 6.42. The number of alkyl halides is 3. The second-order valence-corrected chi connectivity index (χ2v) is 6.51. The first-order valence-corrected chi connectivity index (χ1v) is 8.40. The molecular formula is C18H19F4N3O3. The number of benzene rings is 1. The number of H-pyrrole nitrogens is 1. The van der Waals surface area contributed by atoms with E-state index in [1.807, 2.05) is 18.7 Å². The SMILES string of the molecule is CC(C)N1CC(c2ncc(-c3ccccc3F)[nH]2)CC1=O.O=C(O)C(F)(F)F. The van der Waals surface area contributed by atoms with Gasteiger partial charge in [0.05, 0.1) is 11.9 Å². The molecule has 2 aromatic rings. The maximum atomic E-state index is 13.8. The molecule has 6 nitrogen and oxygen atoms in total. The van der Waals surface area contributed by atoms with Gasteiger partial charge in [-0.05, 0) is 26.0 Å². The van der Waals surface area contributed by atoms with E-state index in [1.165, 1.54) is 6.07 Å². The van der Waals surface area contributed by atoms with Crippen LogP contribution in [0.1, 0.15) is 32.0 Å². The number of nitrogens with one attached hydrogen (secondary N) is 1. The van der Waals surface area contributed by atoms with E-state index in [0.29, 0.717) is 24.2 Å². The van der Waals surface area contributed by atoms with Crippen molar-refractivity contribution in [2.45, 2.75) is 38.4 Å². The first-order valence-electron chi connectivity index (χ1n) is 8.40. The van der Waals surface area contributed by atoms with Gasteiger partial charge in [0, 0.05) is 30.5 Å². The number of carboxylic acids is 1. The zero-order chi connectivity index (χ0) is 21.1. The van der Waals surface area contributed by atoms with Crippen molar-refractivity contribution in [1.82, 2.24) is 14.9 Å². The van der Waals surface area contributed by atoms with Gasteiger partial charge >= 0.3 is 12.1 Å². The lowest BCUT2D eigenvalue weighted by atomic mass is 10.1. The van der Waals surface area contributed by atoms with Crippen LogP contribution in [-0.2, 0) is 9.59 Å². The maximum Gasteiger partial charge on any atom is 0.490 e. The van der Waals surface area contributed by atoms with E-state index in [4.69, 9.17) is 9.90 Å². The summed E-state index contributed by atoms with van der Waals surface area (Å²) in [6.07, 6.45) is -2.99. The van der Waals surface area contributed by atoms with Crippen molar-refractivity contribution in [2.24, 2.45) is 0 Å². The predicted molar refractivity (Wildman–Crippen MR) is 91.9 cm³/mol. The van der Waals surface area contributed by atoms with Gasteiger partial charge in [-0.1, -0.05) is 12.1 Å². The number of amides is 1. The van der Waals surface area contributed by atoms with E-state index in [0.717, 1.165) is 5.82 Å². The van der Waals surface area contributed by atoms with Crippen LogP contribution in [0.4, 0.5) is 17.6 Å². The van der Waals surface area contributed by atoms with Crippen LogP contribution < -0.4 is 0 Å². The molecule has 1 fully saturated rings. The van der Waals surface area contributed by atoms with Gasteiger partial charge in [0.1, 0.15) is 11.6 Å². The Bertz CT molecular complexity index is 849. The Balaban J connectivity index is 0.000000345. The zero-order valence-corrected chi connectivity index (χ0v) is 15.1. The van der Waals surface area contributed by atoms with E-state index in [1.54, 1.807) is 24.4 Å². The molecule has 2 heterocycles. The van der Waals surface area contributed by atoms with E-state index < -0.39 is 12.1 Å². The molecule has 1 atom stereocenters. The molecule has 1 saturated heterocycles. The third kappa shape index (κ3) is 5.08. The molecule has 152 valence electrons. The zero-order valence-electron chi connectivity index (χ0n) is 15.1. The molecule has 1 amide bonds. The van der Waals surface area contributed by atoms with Crippen LogP contribution in [0, 0.1) is 5.82 Å². The third-order valence-electron chi connectivity index (χ3n) is 4.17. The second-order valence-electron chi connectivity index (χ2n) is 6.51. The lowest BCUT2D eigenvalue weighted by molar-refractivity contribution is -0.192. The lowest BCUT2D eigenvalue weighted by Crippen LogP contribution is -2.31. The minimum atomic E-state index is -5.08. The quantitative estimate of drug-likeness (QED) is 0.770. The average Bonchev–Trinajstić information content (AvgIpc) is 3.21. The van der Waals surface area contributed by atoms with Crippen LogP contribution in [0.15, 0.2) is 30.5 Å². The number of imidazole rings is 1. The van der Waals surface area contributed by atoms with Crippen LogP contribution in [0.5, 0.6) is 0 Å². The number of carbonyl (C=O) groups is 2. The Labute approximate surface area is 158 Å². The minimum absolute atomic E-state index is 0.0559. The molecule has 2 N–H and O–H groups in total. The summed E-state index contributed by atoms with van der Waals surface area (Å²) in [6, 6.07) is 6.79. The highest BCUT2D eigenvalue weighted by molar-refractivity contribution is 5.80. The summed E-state index contributed by atoms with van der Waals surface area (Å²) < 4.78 is 45.5. The Morgan fingerprint density at radius 3 is 2.43 bits per heavy atom. The molecule has 0 radical (unpaired) electrons. The summed E-state index contributed by atoms with van der Waals surface area (Å²) in [7, 11) is 0. The number of carbonyl (C=O) groups excluding carboxylic acids is 1. The summed E-state index contributed by atoms with van der Waals surface area (Å²) in [5.74, 6) is -2.07. The number of aliphatic carboxylic acids is 1. The fourth-order valence-corrected chi connectivity index (χ4v) is 2.77. The van der Waals surface area contributed by atoms with Gasteiger partial charge in [-0.25, -0.2) is 14.2 Å². The van der Waals surface area contributed by atoms with Gasteiger partial charge in [0.25, 0.3) is 0 Å². The number of aromatic nitrogens is 2. The van der Waals surface area contributed by atoms with Crippen molar-refractivity contribution < 1.29 is 32.3 Å². The topological polar surface area (TPSA) is 86.3 Å². The van der Waals surface area contributed by atoms with E-state index >= 15 is 0 Å². The largest absolute Gasteiger partial charge is 0.490 e. The van der Waals surface area contributed by atoms with Gasteiger partial charge in [-0.3, -0.25) is 4.79 Å². The molecule has 1 unspecified atom stereocenters. The summed E-state index contributed by atoms with van der Waals surface area (Å²) in [5, 5.41) is 7.12. The lowest BCUT2D eigenvalue weighted by Gasteiger charge is -2.20. The Morgan fingerprint density at radius 1 is 1.32 bits per heavy atom. The number of aromatic amines is 1. The number of likely N-dealkylation sites (tertiary alicyclic amines) is 1. The van der Waals surface area contributed by atoms with Crippen LogP contribution in [0.3, 0.4) is 0 Å². The molecule has 1 aliphatic heterocycles. The molecule has 10 heteroatoms. The molecule has 3 rings (SSSR count). The number of hydrogen-bond acceptors (Lipinski definition) is 3. The number of carboxylic acid groups (broad SMARTS) is 1. The van der Waals surface area contributed by atoms with Gasteiger partial charge < -0.3 is 15.0 Å². The van der Waals surface area contributed by atoms with Crippen molar-refractivity contribution >= 4 is 11.9 Å². The van der Waals surface area contributed by atoms with Crippen LogP contribution in [0.25, 0.3) is 11.3 Å². The molecule has 28 heavy (non-hydrogen) atoms. The van der Waals surface area contributed by atoms with E-state index in [-0.39, 0.29) is 23.7 Å². The van der Waals surface area contributed by atoms with Crippen molar-refractivity contribution in [2.75, 3.05) is 6.54 Å². The summed E-state index contributed by atoms with van der Waals surface area (Å²) in [6.45, 7) is 4.68. The summed E-state index contributed by atoms with van der Waals surface area (Å²) >= 11 is 0. The monoisotopic (exact) mass is 401 g/mol. The van der Waals surface area contributed by atoms with Crippen molar-refractivity contribution in [3.63, 3.8) is 0 Å². The van der Waals surface area contributed by atoms with Gasteiger partial charge in [0.2, 0.25) is 5.91 Å². The molecule has 1 aromatic heterocycles. The first-order chi connectivity index (χ1) is 13.0. The summed E-state index contributed by atoms with van der Waals surface area (Å²) in [4.78, 5) is 30.2. The fraction of sp³-hybridized carbons (Fsp3) is 0.389. The van der Waals surface area contributed by atoms with Gasteiger partial charge in [-0.15, -0.1) is 0 Å². The van der Waals surface area contributed by atoms with Crippen LogP contribution >= 0.6 is 0 Å². The standard InChI is InChI=1S/C16H18FN3O.C2HF3O2/c1-10(2)20-9-11(7-15(20)21)16-18-8-14(19-16)12-5-3-4-6-13(12)17;3-2(4,5)1(6)7/h3-6,8,10-11H,7,9H2,1-2H3,(H,18,19);(H,6,7). The Hall–Kier alpha value is -2.91. The molecule has 0 bridgehead atoms. The third-order valence-corrected chi connectivity index (χ3v) is 4.17. The molecule has 0 aliphatic carbocycles. The van der Waals surface area contributed by atoms with Gasteiger partial charge in [-0.2, -0.15) is 13.2 Å². The number of hydrogen-bond donors (Lipinski definition) is 2. The number of halogens is 4. The molecule has 1 aliphatic rings. The molecular weight excluding hydrogens is 382 g/mol. The fourth-order valence-electron chi connectivity index (χ4n) is 2.77. The minimum Gasteiger partial charge on any atom is -0.475 e. The number of rotatable bonds is 3. The smallest absolute Gasteiger partial charge is 0.475 e. The van der Waals surface area contributed by atoms with Crippen molar-refractivity contribution in [3.8, 4) is 11.3 Å². The number of nitrogens with zero attached hydrogens (tertiary/aromatic N) is 2. The highest BCUT2D eigenvalue weighted by Gasteiger charge is 2.38.